The van der Waals surface area contributed by atoms with Crippen LogP contribution in [0.25, 0.3) is 22.2 Å². The lowest BCUT2D eigenvalue weighted by molar-refractivity contribution is -0.127. The van der Waals surface area contributed by atoms with Gasteiger partial charge in [-0.3, -0.25) is 9.69 Å². The maximum atomic E-state index is 13.6. The molecule has 0 unspecified atom stereocenters. The number of amides is 1. The molecule has 2 fully saturated rings. The van der Waals surface area contributed by atoms with Crippen molar-refractivity contribution in [2.24, 2.45) is 13.0 Å². The molecule has 4 heterocycles. The molecule has 0 atom stereocenters. The molecule has 9 heteroatoms. The van der Waals surface area contributed by atoms with Gasteiger partial charge in [0.1, 0.15) is 30.2 Å². The third-order valence-electron chi connectivity index (χ3n) is 7.25. The first-order chi connectivity index (χ1) is 17.4. The Bertz CT molecular complexity index is 1390. The number of fused-ring (bicyclic) bond motifs is 1. The summed E-state index contributed by atoms with van der Waals surface area (Å²) in [4.78, 5) is 24.8. The molecule has 36 heavy (non-hydrogen) atoms. The molecule has 7 nitrogen and oxygen atoms in total. The molecule has 2 N–H and O–H groups in total. The third-order valence-corrected chi connectivity index (χ3v) is 7.62. The zero-order valence-electron chi connectivity index (χ0n) is 20.2. The maximum absolute atomic E-state index is 13.6. The highest BCUT2D eigenvalue weighted by Gasteiger charge is 2.34. The lowest BCUT2D eigenvalue weighted by atomic mass is 9.93. The molecule has 5 rings (SSSR count). The molecule has 2 saturated heterocycles. The number of nitrogens with two attached hydrogens (primary N) is 1. The second-order valence-electron chi connectivity index (χ2n) is 9.36. The number of nitrogens with zero attached hydrogens (tertiary/aromatic N) is 5. The molecule has 2 aliphatic rings. The van der Waals surface area contributed by atoms with Gasteiger partial charge >= 0.3 is 0 Å². The quantitative estimate of drug-likeness (QED) is 0.430. The molecule has 1 aromatic carbocycles. The van der Waals surface area contributed by atoms with E-state index in [0.29, 0.717) is 33.5 Å². The molecule has 2 aliphatic heterocycles. The van der Waals surface area contributed by atoms with Crippen molar-refractivity contribution in [1.29, 1.82) is 0 Å². The zero-order valence-corrected chi connectivity index (χ0v) is 20.9. The van der Waals surface area contributed by atoms with Crippen LogP contribution in [0.4, 0.5) is 10.2 Å². The number of aromatic nitrogens is 3. The summed E-state index contributed by atoms with van der Waals surface area (Å²) in [7, 11) is 1.90. The van der Waals surface area contributed by atoms with E-state index in [4.69, 9.17) is 17.3 Å². The van der Waals surface area contributed by atoms with Gasteiger partial charge in [-0.1, -0.05) is 30.2 Å². The molecule has 0 saturated carbocycles. The summed E-state index contributed by atoms with van der Waals surface area (Å²) in [6.45, 7) is 6.26. The molecule has 0 bridgehead atoms. The molecule has 186 valence electrons. The van der Waals surface area contributed by atoms with Crippen molar-refractivity contribution < 1.29 is 9.18 Å². The minimum Gasteiger partial charge on any atom is -0.383 e. The summed E-state index contributed by atoms with van der Waals surface area (Å²) < 4.78 is 15.5. The smallest absolute Gasteiger partial charge is 0.245 e. The van der Waals surface area contributed by atoms with E-state index in [1.54, 1.807) is 12.1 Å². The highest BCUT2D eigenvalue weighted by Crippen LogP contribution is 2.37. The molecular formula is C27H28ClFN6O. The first kappa shape index (κ1) is 24.3. The number of hydrogen-bond acceptors (Lipinski definition) is 5. The lowest BCUT2D eigenvalue weighted by Crippen LogP contribution is -2.55. The third kappa shape index (κ3) is 4.34. The van der Waals surface area contributed by atoms with Crippen LogP contribution in [0.2, 0.25) is 5.02 Å². The van der Waals surface area contributed by atoms with Crippen molar-refractivity contribution >= 4 is 34.4 Å². The molecule has 0 radical (unpaired) electrons. The summed E-state index contributed by atoms with van der Waals surface area (Å²) in [5, 5.41) is 1.08. The van der Waals surface area contributed by atoms with E-state index in [2.05, 4.69) is 33.3 Å². The normalized spacial score (nSPS) is 17.0. The van der Waals surface area contributed by atoms with E-state index in [1.165, 1.54) is 12.4 Å². The van der Waals surface area contributed by atoms with Crippen LogP contribution in [0.15, 0.2) is 37.2 Å². The average molecular weight is 507 g/mol. The van der Waals surface area contributed by atoms with Gasteiger partial charge in [0.2, 0.25) is 5.91 Å². The largest absolute Gasteiger partial charge is 0.383 e. The number of nitrogen functional groups attached to an aromatic ring is 1. The highest BCUT2D eigenvalue weighted by atomic mass is 35.5. The number of piperidine rings is 1. The van der Waals surface area contributed by atoms with E-state index in [-0.39, 0.29) is 11.8 Å². The van der Waals surface area contributed by atoms with E-state index in [1.807, 2.05) is 22.6 Å². The van der Waals surface area contributed by atoms with Gasteiger partial charge in [0.25, 0.3) is 0 Å². The van der Waals surface area contributed by atoms with Gasteiger partial charge < -0.3 is 15.2 Å². The Morgan fingerprint density at radius 1 is 1.31 bits per heavy atom. The number of rotatable bonds is 4. The number of anilines is 1. The van der Waals surface area contributed by atoms with Crippen LogP contribution < -0.4 is 5.73 Å². The molecular weight excluding hydrogens is 479 g/mol. The van der Waals surface area contributed by atoms with Gasteiger partial charge in [-0.05, 0) is 42.5 Å². The summed E-state index contributed by atoms with van der Waals surface area (Å²) in [6.07, 6.45) is 4.76. The van der Waals surface area contributed by atoms with Crippen molar-refractivity contribution in [3.8, 4) is 23.0 Å². The van der Waals surface area contributed by atoms with Crippen molar-refractivity contribution in [2.45, 2.75) is 25.6 Å². The van der Waals surface area contributed by atoms with Crippen LogP contribution >= 0.6 is 11.6 Å². The summed E-state index contributed by atoms with van der Waals surface area (Å²) in [5.41, 5.74) is 9.68. The van der Waals surface area contributed by atoms with Crippen molar-refractivity contribution in [3.05, 3.63) is 53.5 Å². The van der Waals surface area contributed by atoms with E-state index >= 15 is 0 Å². The number of carbonyl (C=O) groups excluding carboxylic acids is 1. The van der Waals surface area contributed by atoms with Crippen molar-refractivity contribution in [3.63, 3.8) is 0 Å². The first-order valence-corrected chi connectivity index (χ1v) is 12.4. The number of carbonyl (C=O) groups is 1. The Morgan fingerprint density at radius 2 is 2.06 bits per heavy atom. The SMILES string of the molecule is C=CC(=O)N1CCC(N2CC(C#Cc3c(-c4ccc(Cl)c(CF)c4)c4c(N)ncnc4n3C)C2)CC1. The van der Waals surface area contributed by atoms with Crippen LogP contribution in [-0.2, 0) is 18.5 Å². The zero-order chi connectivity index (χ0) is 25.4. The van der Waals surface area contributed by atoms with Crippen LogP contribution in [0.3, 0.4) is 0 Å². The topological polar surface area (TPSA) is 80.3 Å². The Morgan fingerprint density at radius 3 is 2.75 bits per heavy atom. The Kier molecular flexibility index (Phi) is 6.69. The fourth-order valence-electron chi connectivity index (χ4n) is 5.19. The van der Waals surface area contributed by atoms with E-state index in [0.717, 1.165) is 55.8 Å². The van der Waals surface area contributed by atoms with Crippen LogP contribution in [0.1, 0.15) is 24.1 Å². The molecule has 3 aromatic rings. The van der Waals surface area contributed by atoms with E-state index in [9.17, 15) is 9.18 Å². The van der Waals surface area contributed by atoms with Gasteiger partial charge in [-0.15, -0.1) is 0 Å². The number of hydrogen-bond donors (Lipinski definition) is 1. The Hall–Kier alpha value is -3.41. The minimum atomic E-state index is -0.664. The minimum absolute atomic E-state index is 0.0104. The molecule has 1 amide bonds. The van der Waals surface area contributed by atoms with Gasteiger partial charge in [-0.2, -0.15) is 0 Å². The molecule has 2 aromatic heterocycles. The second-order valence-corrected chi connectivity index (χ2v) is 9.77. The predicted molar refractivity (Wildman–Crippen MR) is 140 cm³/mol. The molecule has 0 spiro atoms. The first-order valence-electron chi connectivity index (χ1n) is 12.0. The standard InChI is InChI=1S/C27H28ClFN6O/c1-3-23(36)34-10-8-20(9-11-34)35-14-17(15-35)4-7-22-24(18-5-6-21(28)19(12-18)13-29)25-26(30)31-16-32-27(25)33(22)2/h3,5-6,12,16-17,20H,1,8-11,13-15H2,2H3,(H2,30,31,32). The van der Waals surface area contributed by atoms with Crippen molar-refractivity contribution in [2.75, 3.05) is 31.9 Å². The average Bonchev–Trinajstić information content (AvgIpc) is 3.16. The number of alkyl halides is 1. The fourth-order valence-corrected chi connectivity index (χ4v) is 5.36. The Labute approximate surface area is 214 Å². The Balaban J connectivity index is 1.39. The predicted octanol–water partition coefficient (Wildman–Crippen LogP) is 3.80. The summed E-state index contributed by atoms with van der Waals surface area (Å²) in [5.74, 6) is 7.42. The van der Waals surface area contributed by atoms with Crippen LogP contribution in [0, 0.1) is 17.8 Å². The number of halogens is 2. The van der Waals surface area contributed by atoms with Gasteiger partial charge in [0.15, 0.2) is 0 Å². The monoisotopic (exact) mass is 506 g/mol. The van der Waals surface area contributed by atoms with Crippen LogP contribution in [0.5, 0.6) is 0 Å². The van der Waals surface area contributed by atoms with Gasteiger partial charge in [0.05, 0.1) is 5.39 Å². The fraction of sp³-hybridized carbons (Fsp3) is 0.370. The number of likely N-dealkylation sites (tertiary alicyclic amines) is 2. The highest BCUT2D eigenvalue weighted by molar-refractivity contribution is 6.31. The number of aryl methyl sites for hydroxylation is 1. The lowest BCUT2D eigenvalue weighted by Gasteiger charge is -2.45. The van der Waals surface area contributed by atoms with Gasteiger partial charge in [-0.25, -0.2) is 14.4 Å². The number of benzene rings is 1. The second kappa shape index (κ2) is 9.92. The van der Waals surface area contributed by atoms with E-state index < -0.39 is 6.67 Å². The molecule has 0 aliphatic carbocycles. The van der Waals surface area contributed by atoms with Gasteiger partial charge in [0, 0.05) is 61.3 Å². The summed E-state index contributed by atoms with van der Waals surface area (Å²) in [6, 6.07) is 5.76. The van der Waals surface area contributed by atoms with Crippen LogP contribution in [-0.4, -0.2) is 62.5 Å². The maximum Gasteiger partial charge on any atom is 0.245 e. The van der Waals surface area contributed by atoms with Crippen molar-refractivity contribution in [1.82, 2.24) is 24.3 Å². The summed E-state index contributed by atoms with van der Waals surface area (Å²) >= 11 is 6.17.